The maximum Gasteiger partial charge on any atom is 0.410 e. The summed E-state index contributed by atoms with van der Waals surface area (Å²) in [6.45, 7) is 13.7. The minimum atomic E-state index is -1.14. The number of aliphatic hydroxyl groups is 3. The Morgan fingerprint density at radius 1 is 1.31 bits per heavy atom. The molecule has 1 amide bonds. The number of esters is 1. The van der Waals surface area contributed by atoms with Crippen LogP contribution in [0.3, 0.4) is 0 Å². The van der Waals surface area contributed by atoms with Crippen molar-refractivity contribution in [2.75, 3.05) is 33.3 Å². The van der Waals surface area contributed by atoms with E-state index in [0.29, 0.717) is 45.4 Å². The fraction of sp³-hybridized carbons (Fsp3) is 0.765. The second-order valence-electron chi connectivity index (χ2n) is 13.4. The van der Waals surface area contributed by atoms with E-state index in [1.54, 1.807) is 43.2 Å². The van der Waals surface area contributed by atoms with Crippen LogP contribution in [0.2, 0.25) is 0 Å². The SMILES string of the molecule is CCC(O)C(C)[C@H]1O[C@@H]1CC(C)(O)/C=C/C=C(\C)[C@H]1OC(=O)C[C@H](O)CC[C@@](C)(OC)[C@@H](OC(=O)N2CCNCC2)/C=C/[C@@H]1C. The normalized spacial score (nSPS) is 35.4. The van der Waals surface area contributed by atoms with E-state index in [0.717, 1.165) is 5.57 Å². The third kappa shape index (κ3) is 10.9. The van der Waals surface area contributed by atoms with Crippen molar-refractivity contribution in [1.82, 2.24) is 10.2 Å². The Morgan fingerprint density at radius 2 is 2.00 bits per heavy atom. The Kier molecular flexibility index (Phi) is 13.6. The van der Waals surface area contributed by atoms with Crippen molar-refractivity contribution >= 4 is 12.1 Å². The summed E-state index contributed by atoms with van der Waals surface area (Å²) in [5.41, 5.74) is -1.34. The topological polar surface area (TPSA) is 150 Å². The van der Waals surface area contributed by atoms with Crippen LogP contribution in [0.25, 0.3) is 0 Å². The van der Waals surface area contributed by atoms with Crippen molar-refractivity contribution < 1.29 is 43.9 Å². The standard InChI is InChI=1S/C34H56N2O9/c1-8-26(38)24(4)31-27(43-31)21-33(5,41)14-9-10-22(2)30-23(3)11-12-28(44-32(40)36-18-16-35-17-19-36)34(6,42-7)15-13-25(37)20-29(39)45-30/h9-12,14,23-28,30-31,35,37-38,41H,8,13,15-21H2,1-7H3/b12-11+,14-9+,22-10+/t23-,24?,25+,26?,27+,28-,30+,31+,33?,34+/m0/s1. The van der Waals surface area contributed by atoms with Crippen molar-refractivity contribution in [3.05, 3.63) is 36.0 Å². The highest BCUT2D eigenvalue weighted by Gasteiger charge is 2.47. The number of carbonyl (C=O) groups excluding carboxylic acids is 2. The fourth-order valence-electron chi connectivity index (χ4n) is 6.04. The van der Waals surface area contributed by atoms with Gasteiger partial charge in [0.2, 0.25) is 0 Å². The summed E-state index contributed by atoms with van der Waals surface area (Å²) in [6.07, 6.45) is 6.95. The van der Waals surface area contributed by atoms with Gasteiger partial charge in [0.25, 0.3) is 0 Å². The molecule has 0 aromatic rings. The van der Waals surface area contributed by atoms with E-state index in [1.165, 1.54) is 0 Å². The zero-order valence-electron chi connectivity index (χ0n) is 28.1. The van der Waals surface area contributed by atoms with Crippen LogP contribution in [0.15, 0.2) is 36.0 Å². The smallest absolute Gasteiger partial charge is 0.410 e. The molecular weight excluding hydrogens is 580 g/mol. The summed E-state index contributed by atoms with van der Waals surface area (Å²) in [4.78, 5) is 27.6. The lowest BCUT2D eigenvalue weighted by atomic mass is 9.88. The summed E-state index contributed by atoms with van der Waals surface area (Å²) in [5, 5.41) is 35.0. The number of nitrogens with zero attached hydrogens (tertiary/aromatic N) is 1. The molecule has 4 N–H and O–H groups in total. The van der Waals surface area contributed by atoms with Gasteiger partial charge in [0.15, 0.2) is 6.10 Å². The third-order valence-electron chi connectivity index (χ3n) is 9.42. The van der Waals surface area contributed by atoms with E-state index in [-0.39, 0.29) is 36.9 Å². The fourth-order valence-corrected chi connectivity index (χ4v) is 6.04. The molecule has 10 atom stereocenters. The minimum absolute atomic E-state index is 0.00213. The first kappa shape index (κ1) is 37.2. The molecule has 2 saturated heterocycles. The summed E-state index contributed by atoms with van der Waals surface area (Å²) in [5.74, 6) is -0.833. The molecule has 0 aliphatic carbocycles. The Morgan fingerprint density at radius 3 is 2.64 bits per heavy atom. The van der Waals surface area contributed by atoms with E-state index in [2.05, 4.69) is 5.32 Å². The second-order valence-corrected chi connectivity index (χ2v) is 13.4. The highest BCUT2D eigenvalue weighted by Crippen LogP contribution is 2.37. The Bertz CT molecular complexity index is 1070. The molecule has 11 heteroatoms. The minimum Gasteiger partial charge on any atom is -0.457 e. The number of ether oxygens (including phenoxy) is 4. The number of aliphatic hydroxyl groups excluding tert-OH is 2. The van der Waals surface area contributed by atoms with Crippen LogP contribution in [0.4, 0.5) is 4.79 Å². The lowest BCUT2D eigenvalue weighted by molar-refractivity contribution is -0.151. The monoisotopic (exact) mass is 636 g/mol. The molecule has 2 fully saturated rings. The predicted molar refractivity (Wildman–Crippen MR) is 170 cm³/mol. The average Bonchev–Trinajstić information content (AvgIpc) is 3.77. The Labute approximate surface area is 268 Å². The Hall–Kier alpha value is -2.28. The number of carbonyl (C=O) groups is 2. The van der Waals surface area contributed by atoms with Crippen LogP contribution in [0.1, 0.15) is 73.6 Å². The van der Waals surface area contributed by atoms with Gasteiger partial charge in [-0.15, -0.1) is 0 Å². The molecule has 3 heterocycles. The number of allylic oxidation sites excluding steroid dienone is 2. The van der Waals surface area contributed by atoms with Gasteiger partial charge in [-0.2, -0.15) is 0 Å². The molecule has 256 valence electrons. The van der Waals surface area contributed by atoms with Gasteiger partial charge in [-0.05, 0) is 51.7 Å². The molecule has 3 rings (SSSR count). The first-order valence-corrected chi connectivity index (χ1v) is 16.4. The highest BCUT2D eigenvalue weighted by atomic mass is 16.6. The van der Waals surface area contributed by atoms with Crippen LogP contribution in [0, 0.1) is 11.8 Å². The Balaban J connectivity index is 1.77. The van der Waals surface area contributed by atoms with Gasteiger partial charge in [0.05, 0.1) is 36.4 Å². The zero-order valence-corrected chi connectivity index (χ0v) is 28.1. The first-order chi connectivity index (χ1) is 21.2. The van der Waals surface area contributed by atoms with Crippen molar-refractivity contribution in [1.29, 1.82) is 0 Å². The number of methoxy groups -OCH3 is 1. The van der Waals surface area contributed by atoms with Crippen LogP contribution in [0.5, 0.6) is 0 Å². The van der Waals surface area contributed by atoms with Crippen molar-refractivity contribution in [2.24, 2.45) is 11.8 Å². The van der Waals surface area contributed by atoms with E-state index in [1.807, 2.05) is 40.7 Å². The quantitative estimate of drug-likeness (QED) is 0.122. The van der Waals surface area contributed by atoms with E-state index >= 15 is 0 Å². The molecule has 3 aliphatic heterocycles. The van der Waals surface area contributed by atoms with Gasteiger partial charge in [-0.1, -0.05) is 45.1 Å². The van der Waals surface area contributed by atoms with E-state index in [4.69, 9.17) is 18.9 Å². The van der Waals surface area contributed by atoms with Crippen LogP contribution in [-0.4, -0.2) is 113 Å². The molecule has 0 aromatic carbocycles. The number of hydrogen-bond acceptors (Lipinski definition) is 10. The second kappa shape index (κ2) is 16.5. The lowest BCUT2D eigenvalue weighted by Crippen LogP contribution is -2.50. The van der Waals surface area contributed by atoms with E-state index in [9.17, 15) is 24.9 Å². The summed E-state index contributed by atoms with van der Waals surface area (Å²) in [7, 11) is 1.55. The largest absolute Gasteiger partial charge is 0.457 e. The number of piperazine rings is 1. The lowest BCUT2D eigenvalue weighted by Gasteiger charge is -2.37. The molecule has 3 unspecified atom stereocenters. The molecule has 11 nitrogen and oxygen atoms in total. The summed E-state index contributed by atoms with van der Waals surface area (Å²) < 4.78 is 23.5. The van der Waals surface area contributed by atoms with Gasteiger partial charge in [-0.25, -0.2) is 4.79 Å². The average molecular weight is 637 g/mol. The zero-order chi connectivity index (χ0) is 33.4. The maximum atomic E-state index is 13.1. The van der Waals surface area contributed by atoms with Crippen LogP contribution < -0.4 is 5.32 Å². The van der Waals surface area contributed by atoms with Crippen LogP contribution >= 0.6 is 0 Å². The number of nitrogens with one attached hydrogen (secondary N) is 1. The summed E-state index contributed by atoms with van der Waals surface area (Å²) in [6, 6.07) is 0. The number of rotatable bonds is 10. The number of cyclic esters (lactones) is 1. The molecule has 0 spiro atoms. The maximum absolute atomic E-state index is 13.1. The number of epoxide rings is 1. The molecule has 45 heavy (non-hydrogen) atoms. The number of amides is 1. The summed E-state index contributed by atoms with van der Waals surface area (Å²) >= 11 is 0. The third-order valence-corrected chi connectivity index (χ3v) is 9.42. The predicted octanol–water partition coefficient (Wildman–Crippen LogP) is 3.27. The van der Waals surface area contributed by atoms with Crippen molar-refractivity contribution in [2.45, 2.75) is 121 Å². The van der Waals surface area contributed by atoms with Gasteiger partial charge in [-0.3, -0.25) is 4.79 Å². The van der Waals surface area contributed by atoms with Gasteiger partial charge in [0, 0.05) is 51.5 Å². The highest BCUT2D eigenvalue weighted by molar-refractivity contribution is 5.70. The van der Waals surface area contributed by atoms with Crippen molar-refractivity contribution in [3.8, 4) is 0 Å². The molecule has 0 radical (unpaired) electrons. The van der Waals surface area contributed by atoms with E-state index < -0.39 is 47.7 Å². The van der Waals surface area contributed by atoms with Gasteiger partial charge >= 0.3 is 12.1 Å². The molecule has 3 aliphatic rings. The van der Waals surface area contributed by atoms with Gasteiger partial charge < -0.3 is 44.5 Å². The molecule has 0 saturated carbocycles. The van der Waals surface area contributed by atoms with Crippen molar-refractivity contribution in [3.63, 3.8) is 0 Å². The number of hydrogen-bond donors (Lipinski definition) is 4. The van der Waals surface area contributed by atoms with Crippen LogP contribution in [-0.2, 0) is 23.7 Å². The first-order valence-electron chi connectivity index (χ1n) is 16.4. The molecular formula is C34H56N2O9. The molecule has 0 aromatic heterocycles. The van der Waals surface area contributed by atoms with Gasteiger partial charge in [0.1, 0.15) is 11.7 Å². The molecule has 0 bridgehead atoms.